The molecule has 0 N–H and O–H groups in total. The van der Waals surface area contributed by atoms with Crippen molar-refractivity contribution >= 4 is 22.5 Å². The average molecular weight is 551 g/mol. The third kappa shape index (κ3) is 3.20. The molecule has 9 rings (SSSR count). The van der Waals surface area contributed by atoms with E-state index in [2.05, 4.69) is 158 Å². The molecule has 0 radical (unpaired) electrons. The predicted octanol–water partition coefficient (Wildman–Crippen LogP) is 11.0. The van der Waals surface area contributed by atoms with Crippen LogP contribution in [-0.2, 0) is 5.41 Å². The minimum absolute atomic E-state index is 0.390. The van der Waals surface area contributed by atoms with Gasteiger partial charge < -0.3 is 0 Å². The van der Waals surface area contributed by atoms with Crippen molar-refractivity contribution in [2.45, 2.75) is 15.2 Å². The first kappa shape index (κ1) is 23.8. The van der Waals surface area contributed by atoms with Crippen molar-refractivity contribution in [2.24, 2.45) is 0 Å². The van der Waals surface area contributed by atoms with E-state index in [0.29, 0.717) is 0 Å². The third-order valence-electron chi connectivity index (χ3n) is 9.15. The summed E-state index contributed by atoms with van der Waals surface area (Å²) in [5.74, 6) is 0. The van der Waals surface area contributed by atoms with E-state index in [4.69, 9.17) is 0 Å². The van der Waals surface area contributed by atoms with E-state index in [1.54, 1.807) is 0 Å². The van der Waals surface area contributed by atoms with Crippen LogP contribution in [0.4, 0.5) is 0 Å². The Kier molecular flexibility index (Phi) is 5.15. The fourth-order valence-electron chi connectivity index (χ4n) is 7.47. The van der Waals surface area contributed by atoms with Crippen molar-refractivity contribution in [3.8, 4) is 33.4 Å². The summed E-state index contributed by atoms with van der Waals surface area (Å²) >= 11 is 1.89. The van der Waals surface area contributed by atoms with Gasteiger partial charge in [-0.3, -0.25) is 0 Å². The van der Waals surface area contributed by atoms with Gasteiger partial charge in [0.1, 0.15) is 0 Å². The van der Waals surface area contributed by atoms with Crippen molar-refractivity contribution in [1.82, 2.24) is 0 Å². The van der Waals surface area contributed by atoms with E-state index in [1.165, 1.54) is 76.2 Å². The van der Waals surface area contributed by atoms with Crippen LogP contribution < -0.4 is 0 Å². The van der Waals surface area contributed by atoms with Crippen molar-refractivity contribution in [2.75, 3.05) is 0 Å². The van der Waals surface area contributed by atoms with E-state index < -0.39 is 0 Å². The molecule has 0 fully saturated rings. The van der Waals surface area contributed by atoms with Crippen LogP contribution in [0, 0.1) is 0 Å². The van der Waals surface area contributed by atoms with Crippen molar-refractivity contribution < 1.29 is 0 Å². The molecule has 0 spiro atoms. The van der Waals surface area contributed by atoms with E-state index in [0.717, 1.165) is 0 Å². The molecular weight excluding hydrogens is 525 g/mol. The molecule has 1 heterocycles. The lowest BCUT2D eigenvalue weighted by Crippen LogP contribution is -2.28. The van der Waals surface area contributed by atoms with Gasteiger partial charge in [-0.15, -0.1) is 0 Å². The zero-order valence-electron chi connectivity index (χ0n) is 22.9. The Morgan fingerprint density at radius 3 is 1.81 bits per heavy atom. The van der Waals surface area contributed by atoms with Crippen LogP contribution in [0.3, 0.4) is 0 Å². The van der Waals surface area contributed by atoms with Crippen molar-refractivity contribution in [3.05, 3.63) is 180 Å². The van der Waals surface area contributed by atoms with Crippen LogP contribution in [0.5, 0.6) is 0 Å². The predicted molar refractivity (Wildman–Crippen MR) is 176 cm³/mol. The first-order valence-corrected chi connectivity index (χ1v) is 15.3. The quantitative estimate of drug-likeness (QED) is 0.211. The average Bonchev–Trinajstić information content (AvgIpc) is 3.37. The second-order valence-corrected chi connectivity index (χ2v) is 12.3. The molecule has 2 aliphatic rings. The van der Waals surface area contributed by atoms with Gasteiger partial charge in [0.15, 0.2) is 0 Å². The van der Waals surface area contributed by atoms with Crippen molar-refractivity contribution in [1.29, 1.82) is 0 Å². The Morgan fingerprint density at radius 2 is 1.02 bits per heavy atom. The molecule has 7 aromatic carbocycles. The molecule has 1 aliphatic heterocycles. The van der Waals surface area contributed by atoms with Gasteiger partial charge in [0, 0.05) is 15.2 Å². The van der Waals surface area contributed by atoms with Gasteiger partial charge in [0.05, 0.1) is 5.41 Å². The molecular formula is C41H26S. The van der Waals surface area contributed by atoms with Gasteiger partial charge in [-0.05, 0) is 79.2 Å². The summed E-state index contributed by atoms with van der Waals surface area (Å²) in [5, 5.41) is 2.67. The maximum Gasteiger partial charge on any atom is 0.0713 e. The maximum atomic E-state index is 2.43. The van der Waals surface area contributed by atoms with Gasteiger partial charge in [-0.25, -0.2) is 0 Å². The summed E-state index contributed by atoms with van der Waals surface area (Å²) in [7, 11) is 0. The molecule has 196 valence electrons. The minimum atomic E-state index is -0.390. The number of hydrogen-bond acceptors (Lipinski definition) is 1. The second kappa shape index (κ2) is 9.08. The van der Waals surface area contributed by atoms with Crippen LogP contribution in [0.1, 0.15) is 22.3 Å². The number of hydrogen-bond donors (Lipinski definition) is 0. The monoisotopic (exact) mass is 550 g/mol. The summed E-state index contributed by atoms with van der Waals surface area (Å²) in [6.45, 7) is 0. The van der Waals surface area contributed by atoms with Crippen LogP contribution in [0.2, 0.25) is 0 Å². The highest BCUT2D eigenvalue weighted by atomic mass is 32.2. The highest BCUT2D eigenvalue weighted by Gasteiger charge is 2.46. The zero-order chi connectivity index (χ0) is 27.7. The molecule has 42 heavy (non-hydrogen) atoms. The molecule has 0 saturated heterocycles. The van der Waals surface area contributed by atoms with Crippen LogP contribution in [0.25, 0.3) is 44.2 Å². The smallest absolute Gasteiger partial charge is 0.0713 e. The van der Waals surface area contributed by atoms with Crippen LogP contribution in [-0.4, -0.2) is 0 Å². The molecule has 1 heteroatoms. The van der Waals surface area contributed by atoms with E-state index in [9.17, 15) is 0 Å². The summed E-state index contributed by atoms with van der Waals surface area (Å²) in [6, 6.07) is 58.5. The lowest BCUT2D eigenvalue weighted by molar-refractivity contribution is 0.768. The van der Waals surface area contributed by atoms with Crippen LogP contribution in [0.15, 0.2) is 168 Å². The Bertz CT molecular complexity index is 2110. The molecule has 0 aromatic heterocycles. The zero-order valence-corrected chi connectivity index (χ0v) is 23.7. The van der Waals surface area contributed by atoms with Gasteiger partial charge in [0.25, 0.3) is 0 Å². The lowest BCUT2D eigenvalue weighted by Gasteiger charge is -2.34. The number of rotatable bonds is 3. The molecule has 7 aromatic rings. The Balaban J connectivity index is 1.34. The highest BCUT2D eigenvalue weighted by molar-refractivity contribution is 7.99. The molecule has 0 saturated carbocycles. The maximum absolute atomic E-state index is 2.43. The second-order valence-electron chi connectivity index (χ2n) is 11.2. The largest absolute Gasteiger partial charge is 0.0888 e. The fraction of sp³-hybridized carbons (Fsp3) is 0.0244. The van der Waals surface area contributed by atoms with Crippen molar-refractivity contribution in [3.63, 3.8) is 0 Å². The van der Waals surface area contributed by atoms with Gasteiger partial charge >= 0.3 is 0 Å². The Labute approximate surface area is 250 Å². The first-order valence-electron chi connectivity index (χ1n) is 14.5. The minimum Gasteiger partial charge on any atom is -0.0888 e. The van der Waals surface area contributed by atoms with Gasteiger partial charge in [-0.1, -0.05) is 151 Å². The SMILES string of the molecule is c1ccc(C2(c3ccccc3)c3ccccc3-c3c(-c4ccc5c(c4)-c4cccc6cccc(c46)S5)cccc32)cc1. The summed E-state index contributed by atoms with van der Waals surface area (Å²) in [4.78, 5) is 2.66. The molecule has 1 aliphatic carbocycles. The normalized spacial score (nSPS) is 13.8. The summed E-state index contributed by atoms with van der Waals surface area (Å²) < 4.78 is 0. The molecule has 0 unspecified atom stereocenters. The van der Waals surface area contributed by atoms with Gasteiger partial charge in [-0.2, -0.15) is 0 Å². The number of fused-ring (bicyclic) bond motifs is 5. The van der Waals surface area contributed by atoms with E-state index in [1.807, 2.05) is 11.8 Å². The van der Waals surface area contributed by atoms with E-state index >= 15 is 0 Å². The fourth-order valence-corrected chi connectivity index (χ4v) is 8.59. The topological polar surface area (TPSA) is 0 Å². The molecule has 0 bridgehead atoms. The molecule has 0 atom stereocenters. The summed E-state index contributed by atoms with van der Waals surface area (Å²) in [5.41, 5.74) is 12.7. The Morgan fingerprint density at radius 1 is 0.405 bits per heavy atom. The highest BCUT2D eigenvalue weighted by Crippen LogP contribution is 2.58. The van der Waals surface area contributed by atoms with E-state index in [-0.39, 0.29) is 5.41 Å². The van der Waals surface area contributed by atoms with Crippen LogP contribution >= 0.6 is 11.8 Å². The Hall–Kier alpha value is -4.85. The van der Waals surface area contributed by atoms with Gasteiger partial charge in [0.2, 0.25) is 0 Å². The molecule has 0 amide bonds. The first-order chi connectivity index (χ1) is 20.8. The standard InChI is InChI=1S/C41H26S/c1-3-14-29(15-4-1)41(30-16-5-2-6-17-30)35-21-8-7-18-33(35)40-31(19-11-22-36(40)41)28-24-25-37-34(26-28)32-20-9-12-27-13-10-23-38(42-37)39(27)32/h1-26H. The number of benzene rings is 7. The lowest BCUT2D eigenvalue weighted by atomic mass is 9.67. The molecule has 0 nitrogen and oxygen atoms in total. The third-order valence-corrected chi connectivity index (χ3v) is 10.3. The summed E-state index contributed by atoms with van der Waals surface area (Å²) in [6.07, 6.45) is 0.